The highest BCUT2D eigenvalue weighted by Gasteiger charge is 2.78. The van der Waals surface area contributed by atoms with Crippen molar-refractivity contribution >= 4 is 5.78 Å². The van der Waals surface area contributed by atoms with Crippen molar-refractivity contribution in [3.63, 3.8) is 0 Å². The van der Waals surface area contributed by atoms with Gasteiger partial charge < -0.3 is 23.7 Å². The second-order valence-corrected chi connectivity index (χ2v) is 32.9. The van der Waals surface area contributed by atoms with Crippen LogP contribution in [0.2, 0.25) is 0 Å². The summed E-state index contributed by atoms with van der Waals surface area (Å²) in [5.41, 5.74) is 8.61. The number of hydrogen-bond acceptors (Lipinski definition) is 6. The van der Waals surface area contributed by atoms with Crippen LogP contribution in [0.25, 0.3) is 0 Å². The third-order valence-corrected chi connectivity index (χ3v) is 25.4. The Morgan fingerprint density at radius 2 is 0.602 bits per heavy atom. The highest BCUT2D eigenvalue weighted by molar-refractivity contribution is 6.05. The summed E-state index contributed by atoms with van der Waals surface area (Å²) >= 11 is 0. The number of ether oxygens (including phenoxy) is 5. The zero-order valence-electron chi connectivity index (χ0n) is 63.1. The Kier molecular flexibility index (Phi) is 29.9. The summed E-state index contributed by atoms with van der Waals surface area (Å²) in [5.74, 6) is 2.99. The van der Waals surface area contributed by atoms with Crippen molar-refractivity contribution in [2.45, 2.75) is 458 Å². The van der Waals surface area contributed by atoms with Crippen LogP contribution in [-0.2, 0) is 35.2 Å². The fourth-order valence-electron chi connectivity index (χ4n) is 18.6. The van der Waals surface area contributed by atoms with E-state index in [1.807, 2.05) is 0 Å². The summed E-state index contributed by atoms with van der Waals surface area (Å²) in [6.07, 6.45) is 68.1. The lowest BCUT2D eigenvalue weighted by atomic mass is 9.48. The van der Waals surface area contributed by atoms with Gasteiger partial charge in [-0.25, -0.2) is 0 Å². The summed E-state index contributed by atoms with van der Waals surface area (Å²) in [6, 6.07) is 0. The minimum Gasteiger partial charge on any atom is -0.487 e. The molecule has 1 spiro atoms. The van der Waals surface area contributed by atoms with Crippen molar-refractivity contribution in [2.75, 3.05) is 0 Å². The Morgan fingerprint density at radius 3 is 0.957 bits per heavy atom. The average Bonchev–Trinajstić information content (AvgIpc) is 0.657. The molecule has 2 aromatic carbocycles. The maximum absolute atomic E-state index is 16.2. The Labute approximate surface area is 573 Å². The smallest absolute Gasteiger partial charge is 0.244 e. The lowest BCUT2D eigenvalue weighted by Crippen LogP contribution is -2.79. The zero-order valence-corrected chi connectivity index (χ0v) is 63.1. The summed E-state index contributed by atoms with van der Waals surface area (Å²) < 4.78 is 38.8. The first-order chi connectivity index (χ1) is 45.0. The molecule has 93 heavy (non-hydrogen) atoms. The van der Waals surface area contributed by atoms with E-state index < -0.39 is 22.4 Å². The molecule has 8 rings (SSSR count). The molecule has 0 bridgehead atoms. The van der Waals surface area contributed by atoms with Gasteiger partial charge in [0.2, 0.25) is 11.6 Å². The molecule has 1 aliphatic carbocycles. The second-order valence-electron chi connectivity index (χ2n) is 32.9. The summed E-state index contributed by atoms with van der Waals surface area (Å²) in [5, 5.41) is 0. The first-order valence-corrected chi connectivity index (χ1v) is 41.0. The molecular formula is C87H144O6. The van der Waals surface area contributed by atoms with Gasteiger partial charge in [-0.05, 0) is 174 Å². The van der Waals surface area contributed by atoms with Crippen LogP contribution in [0.3, 0.4) is 0 Å². The molecule has 528 valence electrons. The van der Waals surface area contributed by atoms with Gasteiger partial charge in [-0.2, -0.15) is 0 Å². The standard InChI is InChI=1S/C87H144O6/c1-13-16-19-22-25-28-31-34-37-40-43-46-49-52-58-82(10)61-55-73-74-57-63-86(91-79(74)69(6)67(4)77(73)89-82)81(88)71(8)72(9)87-85(86,65-64-84(12,93-87)60-54-51-48-45-42-39-36-33-30-27-24-21-18-15-3)66-76-75-56-62-83(11,90-78(75)68(5)70(7)80(76)92-87)59-53-50-47-44-41-38-35-32-29-26-23-20-17-14-2/h13-66H2,1-12H3/t82?,83?,84-,85-,86+,87+/m1/s1. The van der Waals surface area contributed by atoms with Gasteiger partial charge in [0, 0.05) is 33.4 Å². The third kappa shape index (κ3) is 18.7. The maximum Gasteiger partial charge on any atom is 0.244 e. The largest absolute Gasteiger partial charge is 0.487 e. The monoisotopic (exact) mass is 1290 g/mol. The van der Waals surface area contributed by atoms with E-state index in [-0.39, 0.29) is 17.0 Å². The number of rotatable bonds is 45. The van der Waals surface area contributed by atoms with E-state index in [2.05, 4.69) is 83.1 Å². The van der Waals surface area contributed by atoms with Gasteiger partial charge in [0.1, 0.15) is 34.2 Å². The van der Waals surface area contributed by atoms with Gasteiger partial charge >= 0.3 is 0 Å². The van der Waals surface area contributed by atoms with Gasteiger partial charge in [-0.15, -0.1) is 0 Å². The van der Waals surface area contributed by atoms with Crippen LogP contribution >= 0.6 is 0 Å². The first kappa shape index (κ1) is 75.8. The number of benzene rings is 2. The minimum atomic E-state index is -1.19. The van der Waals surface area contributed by atoms with Gasteiger partial charge in [-0.3, -0.25) is 4.79 Å². The molecule has 6 atom stereocenters. The summed E-state index contributed by atoms with van der Waals surface area (Å²) in [7, 11) is 0. The van der Waals surface area contributed by atoms with Gasteiger partial charge in [-0.1, -0.05) is 278 Å². The van der Waals surface area contributed by atoms with Crippen LogP contribution in [0, 0.1) is 33.1 Å². The highest BCUT2D eigenvalue weighted by Crippen LogP contribution is 2.69. The quantitative estimate of drug-likeness (QED) is 0.0616. The number of unbranched alkanes of at least 4 members (excludes halogenated alkanes) is 39. The van der Waals surface area contributed by atoms with Crippen LogP contribution in [0.5, 0.6) is 23.0 Å². The number of carbonyl (C=O) groups is 1. The lowest BCUT2D eigenvalue weighted by molar-refractivity contribution is -0.350. The molecule has 0 saturated carbocycles. The van der Waals surface area contributed by atoms with Crippen LogP contribution in [0.15, 0.2) is 11.1 Å². The Balaban J connectivity index is 0.977. The van der Waals surface area contributed by atoms with Crippen molar-refractivity contribution in [1.82, 2.24) is 0 Å². The zero-order chi connectivity index (χ0) is 66.4. The molecule has 5 aliphatic heterocycles. The van der Waals surface area contributed by atoms with Crippen molar-refractivity contribution in [1.29, 1.82) is 0 Å². The molecule has 6 aliphatic rings. The van der Waals surface area contributed by atoms with E-state index in [1.165, 1.54) is 297 Å². The lowest BCUT2D eigenvalue weighted by Gasteiger charge is -2.67. The van der Waals surface area contributed by atoms with Crippen molar-refractivity contribution in [3.05, 3.63) is 55.7 Å². The van der Waals surface area contributed by atoms with Crippen molar-refractivity contribution in [2.24, 2.45) is 5.41 Å². The fourth-order valence-corrected chi connectivity index (χ4v) is 18.6. The van der Waals surface area contributed by atoms with E-state index >= 15 is 4.79 Å². The molecule has 2 aromatic rings. The molecule has 0 amide bonds. The SMILES string of the molecule is CCCCCCCCCCCCCCCCC1(C)CCc2c3c(c(C)c(C)c2O1)O[C@@]12O[C@](C)(CCCCCCCCCCCCCCCC)CC[C@@]1(C3)[C@]1(CCc3c4c(c(C)c(C)c3O1)OC(C)(CCCCCCCCCCCCCCCC)CC4)C(=O)C(C)=C2C. The molecule has 0 N–H and O–H groups in total. The Bertz CT molecular complexity index is 2660. The fraction of sp³-hybridized carbons (Fsp3) is 0.828. The van der Waals surface area contributed by atoms with Crippen LogP contribution in [-0.4, -0.2) is 34.0 Å². The van der Waals surface area contributed by atoms with Gasteiger partial charge in [0.25, 0.3) is 0 Å². The number of fused-ring (bicyclic) bond motifs is 6. The van der Waals surface area contributed by atoms with Crippen molar-refractivity contribution < 1.29 is 28.5 Å². The second kappa shape index (κ2) is 36.7. The average molecular weight is 1290 g/mol. The molecule has 2 unspecified atom stereocenters. The summed E-state index contributed by atoms with van der Waals surface area (Å²) in [4.78, 5) is 16.2. The molecule has 5 heterocycles. The molecule has 6 heteroatoms. The van der Waals surface area contributed by atoms with E-state index in [1.54, 1.807) is 0 Å². The van der Waals surface area contributed by atoms with Gasteiger partial charge in [0.15, 0.2) is 5.60 Å². The van der Waals surface area contributed by atoms with E-state index in [0.717, 1.165) is 116 Å². The molecule has 0 aromatic heterocycles. The number of hydrogen-bond donors (Lipinski definition) is 0. The van der Waals surface area contributed by atoms with E-state index in [0.29, 0.717) is 12.8 Å². The molecule has 1 fully saturated rings. The molecule has 6 nitrogen and oxygen atoms in total. The maximum atomic E-state index is 16.2. The molecule has 0 radical (unpaired) electrons. The highest BCUT2D eigenvalue weighted by atomic mass is 16.7. The van der Waals surface area contributed by atoms with E-state index in [4.69, 9.17) is 23.7 Å². The van der Waals surface area contributed by atoms with Crippen LogP contribution in [0.4, 0.5) is 0 Å². The topological polar surface area (TPSA) is 63.2 Å². The number of ketones is 1. The van der Waals surface area contributed by atoms with Crippen LogP contribution < -0.4 is 18.9 Å². The molecular weight excluding hydrogens is 1140 g/mol. The van der Waals surface area contributed by atoms with Gasteiger partial charge in [0.05, 0.1) is 11.0 Å². The van der Waals surface area contributed by atoms with Crippen LogP contribution in [0.1, 0.15) is 421 Å². The molecule has 1 saturated heterocycles. The third-order valence-electron chi connectivity index (χ3n) is 25.4. The number of carbonyl (C=O) groups excluding carboxylic acids is 1. The minimum absolute atomic E-state index is 0.133. The van der Waals surface area contributed by atoms with Crippen molar-refractivity contribution in [3.8, 4) is 23.0 Å². The first-order valence-electron chi connectivity index (χ1n) is 41.0. The Hall–Kier alpha value is -2.99. The summed E-state index contributed by atoms with van der Waals surface area (Å²) in [6.45, 7) is 27.3. The predicted molar refractivity (Wildman–Crippen MR) is 395 cm³/mol. The normalized spacial score (nSPS) is 25.4. The number of Topliss-reactive ketones (excluding diaryl/α,β-unsaturated/α-hetero) is 1. The van der Waals surface area contributed by atoms with E-state index in [9.17, 15) is 0 Å². The Morgan fingerprint density at radius 1 is 0.312 bits per heavy atom. The predicted octanol–water partition coefficient (Wildman–Crippen LogP) is 26.6.